The van der Waals surface area contributed by atoms with E-state index >= 15 is 0 Å². The average Bonchev–Trinajstić information content (AvgIpc) is 2.39. The lowest BCUT2D eigenvalue weighted by atomic mass is 9.74. The maximum atomic E-state index is 10.4. The van der Waals surface area contributed by atoms with Gasteiger partial charge in [-0.3, -0.25) is 0 Å². The number of ether oxygens (including phenoxy) is 1. The van der Waals surface area contributed by atoms with Crippen molar-refractivity contribution < 1.29 is 14.9 Å². The van der Waals surface area contributed by atoms with Crippen LogP contribution in [-0.4, -0.2) is 35.6 Å². The molecule has 2 N–H and O–H groups in total. The van der Waals surface area contributed by atoms with Crippen LogP contribution in [0, 0.1) is 11.8 Å². The van der Waals surface area contributed by atoms with Crippen LogP contribution in [0.1, 0.15) is 51.4 Å². The van der Waals surface area contributed by atoms with Crippen LogP contribution >= 0.6 is 0 Å². The van der Waals surface area contributed by atoms with Gasteiger partial charge >= 0.3 is 0 Å². The van der Waals surface area contributed by atoms with Gasteiger partial charge < -0.3 is 14.9 Å². The van der Waals surface area contributed by atoms with Crippen LogP contribution in [0.4, 0.5) is 0 Å². The maximum absolute atomic E-state index is 10.4. The number of hydrogen-bond donors (Lipinski definition) is 2. The first kappa shape index (κ1) is 13.3. The molecule has 2 aliphatic rings. The first-order valence-corrected chi connectivity index (χ1v) is 7.11. The first-order chi connectivity index (χ1) is 8.22. The predicted octanol–water partition coefficient (Wildman–Crippen LogP) is 2.10. The van der Waals surface area contributed by atoms with Gasteiger partial charge in [0, 0.05) is 13.0 Å². The Balaban J connectivity index is 1.85. The minimum Gasteiger partial charge on any atom is -0.393 e. The Morgan fingerprint density at radius 1 is 1.00 bits per heavy atom. The lowest BCUT2D eigenvalue weighted by Gasteiger charge is -2.38. The van der Waals surface area contributed by atoms with Gasteiger partial charge in [0.25, 0.3) is 0 Å². The molecule has 3 heteroatoms. The SMILES string of the molecule is COC1CCC(C(O)C2CCCCC2O)CC1. The number of aliphatic hydroxyl groups excluding tert-OH is 2. The van der Waals surface area contributed by atoms with Crippen molar-refractivity contribution in [1.29, 1.82) is 0 Å². The molecule has 2 aliphatic carbocycles. The molecule has 0 saturated heterocycles. The molecule has 2 fully saturated rings. The fraction of sp³-hybridized carbons (Fsp3) is 1.00. The fourth-order valence-corrected chi connectivity index (χ4v) is 3.55. The Hall–Kier alpha value is -0.120. The molecule has 3 unspecified atom stereocenters. The molecule has 0 radical (unpaired) electrons. The van der Waals surface area contributed by atoms with Gasteiger partial charge in [-0.2, -0.15) is 0 Å². The topological polar surface area (TPSA) is 49.7 Å². The van der Waals surface area contributed by atoms with Gasteiger partial charge in [0.2, 0.25) is 0 Å². The molecule has 17 heavy (non-hydrogen) atoms. The molecule has 3 atom stereocenters. The lowest BCUT2D eigenvalue weighted by Crippen LogP contribution is -2.40. The van der Waals surface area contributed by atoms with Gasteiger partial charge in [-0.25, -0.2) is 0 Å². The summed E-state index contributed by atoms with van der Waals surface area (Å²) in [6.07, 6.45) is 8.14. The summed E-state index contributed by atoms with van der Waals surface area (Å²) in [6, 6.07) is 0. The molecular weight excluding hydrogens is 216 g/mol. The molecule has 0 heterocycles. The van der Waals surface area contributed by atoms with E-state index in [2.05, 4.69) is 0 Å². The molecule has 100 valence electrons. The summed E-state index contributed by atoms with van der Waals surface area (Å²) in [5.41, 5.74) is 0. The zero-order chi connectivity index (χ0) is 12.3. The molecule has 2 saturated carbocycles. The highest BCUT2D eigenvalue weighted by Gasteiger charge is 2.35. The predicted molar refractivity (Wildman–Crippen MR) is 66.7 cm³/mol. The summed E-state index contributed by atoms with van der Waals surface area (Å²) in [5, 5.41) is 20.4. The van der Waals surface area contributed by atoms with Crippen LogP contribution in [0.2, 0.25) is 0 Å². The number of rotatable bonds is 3. The second kappa shape index (κ2) is 6.17. The summed E-state index contributed by atoms with van der Waals surface area (Å²) in [6.45, 7) is 0. The molecule has 0 aliphatic heterocycles. The van der Waals surface area contributed by atoms with E-state index in [4.69, 9.17) is 4.74 Å². The van der Waals surface area contributed by atoms with E-state index < -0.39 is 0 Å². The summed E-state index contributed by atoms with van der Waals surface area (Å²) < 4.78 is 5.35. The molecule has 0 spiro atoms. The van der Waals surface area contributed by atoms with E-state index in [9.17, 15) is 10.2 Å². The number of aliphatic hydroxyl groups is 2. The van der Waals surface area contributed by atoms with Crippen molar-refractivity contribution in [2.75, 3.05) is 7.11 Å². The van der Waals surface area contributed by atoms with Gasteiger partial charge in [0.1, 0.15) is 0 Å². The van der Waals surface area contributed by atoms with Gasteiger partial charge in [-0.1, -0.05) is 12.8 Å². The molecular formula is C14H26O3. The van der Waals surface area contributed by atoms with E-state index in [0.717, 1.165) is 51.4 Å². The largest absolute Gasteiger partial charge is 0.393 e. The van der Waals surface area contributed by atoms with Crippen LogP contribution in [-0.2, 0) is 4.74 Å². The quantitative estimate of drug-likeness (QED) is 0.797. The summed E-state index contributed by atoms with van der Waals surface area (Å²) in [5.74, 6) is 0.493. The molecule has 0 aromatic carbocycles. The summed E-state index contributed by atoms with van der Waals surface area (Å²) in [7, 11) is 1.77. The Morgan fingerprint density at radius 3 is 2.24 bits per heavy atom. The first-order valence-electron chi connectivity index (χ1n) is 7.11. The van der Waals surface area contributed by atoms with Crippen LogP contribution in [0.5, 0.6) is 0 Å². The molecule has 2 rings (SSSR count). The average molecular weight is 242 g/mol. The normalized spacial score (nSPS) is 41.1. The fourth-order valence-electron chi connectivity index (χ4n) is 3.55. The second-order valence-corrected chi connectivity index (χ2v) is 5.78. The van der Waals surface area contributed by atoms with E-state index in [1.165, 1.54) is 0 Å². The van der Waals surface area contributed by atoms with Crippen LogP contribution in [0.3, 0.4) is 0 Å². The highest BCUT2D eigenvalue weighted by molar-refractivity contribution is 4.86. The van der Waals surface area contributed by atoms with Gasteiger partial charge in [0.05, 0.1) is 18.3 Å². The third-order valence-electron chi connectivity index (χ3n) is 4.76. The molecule has 3 nitrogen and oxygen atoms in total. The smallest absolute Gasteiger partial charge is 0.0621 e. The summed E-state index contributed by atoms with van der Waals surface area (Å²) in [4.78, 5) is 0. The Morgan fingerprint density at radius 2 is 1.65 bits per heavy atom. The van der Waals surface area contributed by atoms with E-state index in [1.807, 2.05) is 0 Å². The Bertz CT molecular complexity index is 224. The zero-order valence-corrected chi connectivity index (χ0v) is 10.8. The van der Waals surface area contributed by atoms with E-state index in [1.54, 1.807) is 7.11 Å². The van der Waals surface area contributed by atoms with Crippen LogP contribution in [0.15, 0.2) is 0 Å². The standard InChI is InChI=1S/C14H26O3/c1-17-11-8-6-10(7-9-11)14(16)12-4-2-3-5-13(12)15/h10-16H,2-9H2,1H3. The van der Waals surface area contributed by atoms with Crippen molar-refractivity contribution in [1.82, 2.24) is 0 Å². The molecule has 0 bridgehead atoms. The van der Waals surface area contributed by atoms with Crippen molar-refractivity contribution >= 4 is 0 Å². The van der Waals surface area contributed by atoms with Gasteiger partial charge in [-0.05, 0) is 44.4 Å². The minimum absolute atomic E-state index is 0.118. The number of methoxy groups -OCH3 is 1. The summed E-state index contributed by atoms with van der Waals surface area (Å²) >= 11 is 0. The third-order valence-corrected chi connectivity index (χ3v) is 4.76. The van der Waals surface area contributed by atoms with Crippen LogP contribution in [0.25, 0.3) is 0 Å². The molecule has 0 amide bonds. The zero-order valence-electron chi connectivity index (χ0n) is 10.8. The van der Waals surface area contributed by atoms with Crippen molar-refractivity contribution in [2.45, 2.75) is 69.7 Å². The number of hydrogen-bond acceptors (Lipinski definition) is 3. The van der Waals surface area contributed by atoms with E-state index in [-0.39, 0.29) is 18.1 Å². The Labute approximate surface area is 104 Å². The van der Waals surface area contributed by atoms with Crippen molar-refractivity contribution in [3.63, 3.8) is 0 Å². The monoisotopic (exact) mass is 242 g/mol. The van der Waals surface area contributed by atoms with Crippen molar-refractivity contribution in [3.8, 4) is 0 Å². The van der Waals surface area contributed by atoms with Crippen LogP contribution < -0.4 is 0 Å². The molecule has 0 aromatic heterocycles. The van der Waals surface area contributed by atoms with Gasteiger partial charge in [0.15, 0.2) is 0 Å². The second-order valence-electron chi connectivity index (χ2n) is 5.78. The van der Waals surface area contributed by atoms with Crippen molar-refractivity contribution in [2.24, 2.45) is 11.8 Å². The highest BCUT2D eigenvalue weighted by Crippen LogP contribution is 2.36. The maximum Gasteiger partial charge on any atom is 0.0621 e. The minimum atomic E-state index is -0.303. The lowest BCUT2D eigenvalue weighted by molar-refractivity contribution is -0.0569. The van der Waals surface area contributed by atoms with E-state index in [0.29, 0.717) is 12.0 Å². The third kappa shape index (κ3) is 3.21. The van der Waals surface area contributed by atoms with Gasteiger partial charge in [-0.15, -0.1) is 0 Å². The Kier molecular flexibility index (Phi) is 4.83. The highest BCUT2D eigenvalue weighted by atomic mass is 16.5. The molecule has 0 aromatic rings. The van der Waals surface area contributed by atoms with Crippen molar-refractivity contribution in [3.05, 3.63) is 0 Å².